The molecule has 0 bridgehead atoms. The van der Waals surface area contributed by atoms with E-state index >= 15 is 0 Å². The number of carbonyl (C=O) groups excluding carboxylic acids is 2. The van der Waals surface area contributed by atoms with Crippen LogP contribution in [0.15, 0.2) is 72.3 Å². The molecule has 7 nitrogen and oxygen atoms in total. The lowest BCUT2D eigenvalue weighted by Gasteiger charge is -2.26. The number of amides is 1. The molecule has 1 aliphatic rings. The molecule has 0 spiro atoms. The molecule has 1 aliphatic heterocycles. The molecule has 1 amide bonds. The Bertz CT molecular complexity index is 1280. The minimum Gasteiger partial charge on any atom is -0.508 e. The molecule has 8 heteroatoms. The number of phenols is 1. The molecular formula is C27H24ClNO6. The van der Waals surface area contributed by atoms with E-state index in [0.29, 0.717) is 17.0 Å². The van der Waals surface area contributed by atoms with Gasteiger partial charge in [-0.3, -0.25) is 9.59 Å². The van der Waals surface area contributed by atoms with E-state index in [2.05, 4.69) is 0 Å². The second-order valence-electron chi connectivity index (χ2n) is 8.00. The van der Waals surface area contributed by atoms with Gasteiger partial charge >= 0.3 is 0 Å². The number of carbonyl (C=O) groups is 2. The Hall–Kier alpha value is -3.97. The van der Waals surface area contributed by atoms with Crippen molar-refractivity contribution in [1.82, 2.24) is 4.90 Å². The zero-order valence-corrected chi connectivity index (χ0v) is 20.0. The van der Waals surface area contributed by atoms with E-state index in [0.717, 1.165) is 5.56 Å². The number of Topliss-reactive ketones (excluding diaryl/α,β-unsaturated/α-hetero) is 1. The van der Waals surface area contributed by atoms with Crippen molar-refractivity contribution >= 4 is 29.1 Å². The number of hydrogen-bond donors (Lipinski definition) is 2. The molecule has 1 fully saturated rings. The minimum absolute atomic E-state index is 0.0272. The molecule has 0 saturated carbocycles. The van der Waals surface area contributed by atoms with Crippen molar-refractivity contribution in [3.05, 3.63) is 94.0 Å². The maximum absolute atomic E-state index is 13.3. The maximum atomic E-state index is 13.3. The summed E-state index contributed by atoms with van der Waals surface area (Å²) >= 11 is 5.97. The lowest BCUT2D eigenvalue weighted by atomic mass is 9.94. The highest BCUT2D eigenvalue weighted by Crippen LogP contribution is 2.43. The van der Waals surface area contributed by atoms with E-state index in [1.54, 1.807) is 42.5 Å². The van der Waals surface area contributed by atoms with Crippen LogP contribution in [0.4, 0.5) is 0 Å². The van der Waals surface area contributed by atoms with Gasteiger partial charge in [0.1, 0.15) is 28.6 Å². The first-order chi connectivity index (χ1) is 16.8. The Kier molecular flexibility index (Phi) is 6.98. The largest absolute Gasteiger partial charge is 0.508 e. The monoisotopic (exact) mass is 493 g/mol. The summed E-state index contributed by atoms with van der Waals surface area (Å²) in [6.45, 7) is 0.201. The summed E-state index contributed by atoms with van der Waals surface area (Å²) in [5.74, 6) is -1.46. The van der Waals surface area contributed by atoms with Gasteiger partial charge in [0.15, 0.2) is 0 Å². The Morgan fingerprint density at radius 3 is 2.20 bits per heavy atom. The fraction of sp³-hybridized carbons (Fsp3) is 0.185. The summed E-state index contributed by atoms with van der Waals surface area (Å²) < 4.78 is 10.8. The van der Waals surface area contributed by atoms with Crippen molar-refractivity contribution in [2.75, 3.05) is 20.8 Å². The molecule has 3 aromatic carbocycles. The predicted octanol–water partition coefficient (Wildman–Crippen LogP) is 4.73. The number of hydrogen-bond acceptors (Lipinski definition) is 6. The van der Waals surface area contributed by atoms with Crippen molar-refractivity contribution in [3.63, 3.8) is 0 Å². The number of halogens is 1. The van der Waals surface area contributed by atoms with E-state index in [4.69, 9.17) is 21.1 Å². The van der Waals surface area contributed by atoms with Crippen LogP contribution < -0.4 is 9.47 Å². The number of likely N-dealkylation sites (tertiary alicyclic amines) is 1. The van der Waals surface area contributed by atoms with Crippen LogP contribution in [0.25, 0.3) is 5.76 Å². The number of aliphatic hydroxyl groups is 1. The third-order valence-corrected chi connectivity index (χ3v) is 6.20. The van der Waals surface area contributed by atoms with Crippen LogP contribution >= 0.6 is 11.6 Å². The first-order valence-corrected chi connectivity index (χ1v) is 11.3. The molecule has 1 saturated heterocycles. The minimum atomic E-state index is -0.927. The fourth-order valence-electron chi connectivity index (χ4n) is 4.27. The van der Waals surface area contributed by atoms with Crippen molar-refractivity contribution in [2.24, 2.45) is 0 Å². The van der Waals surface area contributed by atoms with Gasteiger partial charge in [-0.15, -0.1) is 0 Å². The highest BCUT2D eigenvalue weighted by molar-refractivity contribution is 6.46. The highest BCUT2D eigenvalue weighted by atomic mass is 35.5. The number of nitrogens with zero attached hydrogens (tertiary/aromatic N) is 1. The lowest BCUT2D eigenvalue weighted by Crippen LogP contribution is -2.31. The van der Waals surface area contributed by atoms with Gasteiger partial charge in [0.05, 0.1) is 25.8 Å². The highest BCUT2D eigenvalue weighted by Gasteiger charge is 2.46. The van der Waals surface area contributed by atoms with Gasteiger partial charge in [-0.25, -0.2) is 0 Å². The summed E-state index contributed by atoms with van der Waals surface area (Å²) in [6.07, 6.45) is 0.456. The Labute approximate surface area is 207 Å². The summed E-state index contributed by atoms with van der Waals surface area (Å²) in [7, 11) is 2.87. The first kappa shape index (κ1) is 24.2. The van der Waals surface area contributed by atoms with Crippen LogP contribution in [0.1, 0.15) is 22.7 Å². The average molecular weight is 494 g/mol. The van der Waals surface area contributed by atoms with E-state index in [1.807, 2.05) is 12.1 Å². The smallest absolute Gasteiger partial charge is 0.295 e. The lowest BCUT2D eigenvalue weighted by molar-refractivity contribution is -0.139. The van der Waals surface area contributed by atoms with Gasteiger partial charge in [-0.1, -0.05) is 41.9 Å². The van der Waals surface area contributed by atoms with Crippen LogP contribution in [0.5, 0.6) is 17.2 Å². The summed E-state index contributed by atoms with van der Waals surface area (Å²) in [4.78, 5) is 27.9. The zero-order valence-electron chi connectivity index (χ0n) is 19.2. The number of methoxy groups -OCH3 is 2. The predicted molar refractivity (Wildman–Crippen MR) is 132 cm³/mol. The third-order valence-electron chi connectivity index (χ3n) is 5.95. The van der Waals surface area contributed by atoms with E-state index in [1.165, 1.54) is 31.3 Å². The summed E-state index contributed by atoms with van der Waals surface area (Å²) in [5.41, 5.74) is 1.46. The molecule has 1 heterocycles. The van der Waals surface area contributed by atoms with Gasteiger partial charge in [0.25, 0.3) is 11.7 Å². The van der Waals surface area contributed by atoms with Gasteiger partial charge in [0.2, 0.25) is 0 Å². The van der Waals surface area contributed by atoms with E-state index in [9.17, 15) is 19.8 Å². The van der Waals surface area contributed by atoms with Crippen molar-refractivity contribution in [3.8, 4) is 17.2 Å². The number of ketones is 1. The summed E-state index contributed by atoms with van der Waals surface area (Å²) in [6, 6.07) is 17.5. The standard InChI is InChI=1S/C27H24ClNO6/c1-34-20-7-4-8-21(35-2)22(20)25(31)23-24(17-5-3-6-19(30)15-17)29(27(33)26(23)32)14-13-16-9-11-18(28)12-10-16/h3-12,15,24,30-31H,13-14H2,1-2H3/b25-23+. The van der Waals surface area contributed by atoms with Gasteiger partial charge in [-0.05, 0) is 53.9 Å². The molecule has 35 heavy (non-hydrogen) atoms. The SMILES string of the molecule is COc1cccc(OC)c1/C(O)=C1\C(=O)C(=O)N(CCc2ccc(Cl)cc2)C1c1cccc(O)c1. The van der Waals surface area contributed by atoms with Gasteiger partial charge < -0.3 is 24.6 Å². The molecule has 1 unspecified atom stereocenters. The second-order valence-corrected chi connectivity index (χ2v) is 8.44. The molecule has 3 aromatic rings. The molecule has 1 atom stereocenters. The molecule has 180 valence electrons. The Balaban J connectivity index is 1.85. The third kappa shape index (κ3) is 4.68. The molecule has 4 rings (SSSR count). The van der Waals surface area contributed by atoms with Gasteiger partial charge in [-0.2, -0.15) is 0 Å². The average Bonchev–Trinajstić information content (AvgIpc) is 3.12. The van der Waals surface area contributed by atoms with Crippen LogP contribution in [-0.2, 0) is 16.0 Å². The Morgan fingerprint density at radius 1 is 0.971 bits per heavy atom. The number of phenolic OH excluding ortho intramolecular Hbond substituents is 1. The van der Waals surface area contributed by atoms with Crippen LogP contribution in [-0.4, -0.2) is 47.6 Å². The normalized spacial score (nSPS) is 17.0. The quantitative estimate of drug-likeness (QED) is 0.281. The molecule has 0 aromatic heterocycles. The van der Waals surface area contributed by atoms with Crippen molar-refractivity contribution in [1.29, 1.82) is 0 Å². The fourth-order valence-corrected chi connectivity index (χ4v) is 4.40. The number of aliphatic hydroxyl groups excluding tert-OH is 1. The van der Waals surface area contributed by atoms with Crippen LogP contribution in [0.2, 0.25) is 5.02 Å². The first-order valence-electron chi connectivity index (χ1n) is 10.9. The topological polar surface area (TPSA) is 96.3 Å². The van der Waals surface area contributed by atoms with Crippen LogP contribution in [0.3, 0.4) is 0 Å². The molecular weight excluding hydrogens is 470 g/mol. The van der Waals surface area contributed by atoms with Gasteiger partial charge in [0, 0.05) is 11.6 Å². The summed E-state index contributed by atoms with van der Waals surface area (Å²) in [5, 5.41) is 22.1. The number of benzene rings is 3. The zero-order chi connectivity index (χ0) is 25.1. The maximum Gasteiger partial charge on any atom is 0.295 e. The van der Waals surface area contributed by atoms with Crippen LogP contribution in [0, 0.1) is 0 Å². The van der Waals surface area contributed by atoms with Crippen molar-refractivity contribution < 1.29 is 29.3 Å². The number of aromatic hydroxyl groups is 1. The number of rotatable bonds is 7. The van der Waals surface area contributed by atoms with Crippen molar-refractivity contribution in [2.45, 2.75) is 12.5 Å². The second kappa shape index (κ2) is 10.1. The van der Waals surface area contributed by atoms with E-state index in [-0.39, 0.29) is 34.9 Å². The molecule has 2 N–H and O–H groups in total. The van der Waals surface area contributed by atoms with E-state index < -0.39 is 23.5 Å². The Morgan fingerprint density at radius 2 is 1.60 bits per heavy atom. The molecule has 0 aliphatic carbocycles. The number of ether oxygens (including phenoxy) is 2. The molecule has 0 radical (unpaired) electrons.